The fourth-order valence-corrected chi connectivity index (χ4v) is 6.19. The Hall–Kier alpha value is -4.33. The quantitative estimate of drug-likeness (QED) is 0.204. The summed E-state index contributed by atoms with van der Waals surface area (Å²) in [6.45, 7) is 8.60. The Morgan fingerprint density at radius 1 is 0.837 bits per heavy atom. The number of H-pyrrole nitrogens is 1. The summed E-state index contributed by atoms with van der Waals surface area (Å²) in [6.07, 6.45) is 1.57. The number of hydrogen-bond donors (Lipinski definition) is 2. The number of aromatic nitrogens is 1. The summed E-state index contributed by atoms with van der Waals surface area (Å²) in [4.78, 5) is 16.6. The third kappa shape index (κ3) is 4.92. The number of rotatable bonds is 6. The van der Waals surface area contributed by atoms with Crippen LogP contribution in [0.3, 0.4) is 0 Å². The summed E-state index contributed by atoms with van der Waals surface area (Å²) in [5.41, 5.74) is 7.72. The molecular weight excluding hydrogens is 535 g/mol. The Balaban J connectivity index is 1.12. The maximum absolute atomic E-state index is 13.1. The second-order valence-corrected chi connectivity index (χ2v) is 12.5. The number of carbonyl (C=O) groups is 1. The van der Waals surface area contributed by atoms with Gasteiger partial charge in [-0.25, -0.2) is 4.79 Å². The molecule has 6 nitrogen and oxygen atoms in total. The van der Waals surface area contributed by atoms with E-state index in [0.29, 0.717) is 0 Å². The van der Waals surface area contributed by atoms with Crippen LogP contribution in [0, 0.1) is 0 Å². The molecule has 0 bridgehead atoms. The van der Waals surface area contributed by atoms with Gasteiger partial charge in [-0.3, -0.25) is 0 Å². The fourth-order valence-electron chi connectivity index (χ4n) is 6.19. The minimum atomic E-state index is -0.613. The van der Waals surface area contributed by atoms with Gasteiger partial charge in [-0.1, -0.05) is 78.9 Å². The van der Waals surface area contributed by atoms with Crippen LogP contribution in [-0.4, -0.2) is 42.5 Å². The number of fused-ring (bicyclic) bond motifs is 6. The van der Waals surface area contributed by atoms with Gasteiger partial charge in [-0.2, -0.15) is 0 Å². The highest BCUT2D eigenvalue weighted by atomic mass is 16.7. The number of amides is 1. The van der Waals surface area contributed by atoms with Crippen molar-refractivity contribution in [3.05, 3.63) is 113 Å². The molecule has 2 heterocycles. The average Bonchev–Trinajstić information content (AvgIpc) is 3.60. The predicted octanol–water partition coefficient (Wildman–Crippen LogP) is 7.87. The van der Waals surface area contributed by atoms with Gasteiger partial charge < -0.3 is 24.3 Å². The molecule has 0 spiro atoms. The molecule has 7 rings (SSSR count). The van der Waals surface area contributed by atoms with Crippen LogP contribution < -0.4 is 5.32 Å². The van der Waals surface area contributed by atoms with E-state index in [1.54, 1.807) is 0 Å². The van der Waals surface area contributed by atoms with Gasteiger partial charge in [0.05, 0.1) is 11.2 Å². The normalized spacial score (nSPS) is 17.3. The zero-order valence-electron chi connectivity index (χ0n) is 24.9. The molecule has 7 heteroatoms. The number of nitrogens with one attached hydrogen (secondary N) is 2. The van der Waals surface area contributed by atoms with E-state index in [2.05, 4.69) is 64.9 Å². The highest BCUT2D eigenvalue weighted by molar-refractivity contribution is 6.56. The van der Waals surface area contributed by atoms with Gasteiger partial charge in [0.25, 0.3) is 0 Å². The molecular formula is C36H35BN2O4. The van der Waals surface area contributed by atoms with E-state index in [1.165, 1.54) is 27.6 Å². The number of hydrogen-bond acceptors (Lipinski definition) is 4. The molecule has 1 amide bonds. The maximum atomic E-state index is 13.1. The molecule has 0 unspecified atom stereocenters. The summed E-state index contributed by atoms with van der Waals surface area (Å²) >= 11 is 0. The van der Waals surface area contributed by atoms with Crippen molar-refractivity contribution in [2.45, 2.75) is 44.8 Å². The van der Waals surface area contributed by atoms with Crippen molar-refractivity contribution in [3.8, 4) is 11.1 Å². The monoisotopic (exact) mass is 570 g/mol. The zero-order chi connectivity index (χ0) is 29.8. The van der Waals surface area contributed by atoms with Gasteiger partial charge in [0.15, 0.2) is 0 Å². The highest BCUT2D eigenvalue weighted by Crippen LogP contribution is 2.44. The van der Waals surface area contributed by atoms with Crippen molar-refractivity contribution in [2.24, 2.45) is 0 Å². The summed E-state index contributed by atoms with van der Waals surface area (Å²) in [7, 11) is -0.613. The van der Waals surface area contributed by atoms with Crippen molar-refractivity contribution in [2.75, 3.05) is 13.2 Å². The minimum Gasteiger partial charge on any atom is -0.449 e. The van der Waals surface area contributed by atoms with Crippen LogP contribution in [-0.2, 0) is 14.0 Å². The number of benzene rings is 4. The lowest BCUT2D eigenvalue weighted by Crippen LogP contribution is -2.41. The molecule has 216 valence electrons. The minimum absolute atomic E-state index is 0.000777. The SMILES string of the molecule is CC1(C)OB(C(=Cc2ccc3[nH]c4ccccc4c3c2)CNC(=O)OCC2c3ccccc3-c3ccccc32)OC1(C)C. The lowest BCUT2D eigenvalue weighted by molar-refractivity contribution is 0.00578. The third-order valence-electron chi connectivity index (χ3n) is 9.22. The van der Waals surface area contributed by atoms with E-state index in [4.69, 9.17) is 14.0 Å². The Kier molecular flexibility index (Phi) is 6.68. The smallest absolute Gasteiger partial charge is 0.449 e. The number of ether oxygens (including phenoxy) is 1. The highest BCUT2D eigenvalue weighted by Gasteiger charge is 2.52. The van der Waals surface area contributed by atoms with Gasteiger partial charge in [0.2, 0.25) is 0 Å². The summed E-state index contributed by atoms with van der Waals surface area (Å²) in [6, 6.07) is 31.2. The lowest BCUT2D eigenvalue weighted by Gasteiger charge is -2.32. The second kappa shape index (κ2) is 10.4. The van der Waals surface area contributed by atoms with E-state index >= 15 is 0 Å². The van der Waals surface area contributed by atoms with Crippen LogP contribution in [0.25, 0.3) is 39.0 Å². The number of para-hydroxylation sites is 1. The standard InChI is InChI=1S/C36H35BN2O4/c1-35(2)36(3,4)43-37(42-35)24(19-23-17-18-33-30(20-23)29-15-9-10-16-32(29)39-33)21-38-34(40)41-22-31-27-13-7-5-11-25(27)26-12-6-8-14-28(26)31/h5-20,31,39H,21-22H2,1-4H3,(H,38,40). The summed E-state index contributed by atoms with van der Waals surface area (Å²) < 4.78 is 18.6. The predicted molar refractivity (Wildman–Crippen MR) is 173 cm³/mol. The number of carbonyl (C=O) groups excluding carboxylic acids is 1. The van der Waals surface area contributed by atoms with Crippen LogP contribution in [0.1, 0.15) is 50.3 Å². The molecule has 4 aromatic carbocycles. The topological polar surface area (TPSA) is 72.6 Å². The first-order valence-corrected chi connectivity index (χ1v) is 14.9. The van der Waals surface area contributed by atoms with Crippen molar-refractivity contribution in [3.63, 3.8) is 0 Å². The van der Waals surface area contributed by atoms with Gasteiger partial charge in [0.1, 0.15) is 6.61 Å². The van der Waals surface area contributed by atoms with Crippen LogP contribution >= 0.6 is 0 Å². The van der Waals surface area contributed by atoms with Gasteiger partial charge in [-0.15, -0.1) is 0 Å². The Labute approximate surface area is 252 Å². The van der Waals surface area contributed by atoms with Crippen molar-refractivity contribution in [1.82, 2.24) is 10.3 Å². The Morgan fingerprint density at radius 2 is 1.44 bits per heavy atom. The van der Waals surface area contributed by atoms with Crippen LogP contribution in [0.5, 0.6) is 0 Å². The Morgan fingerprint density at radius 3 is 2.14 bits per heavy atom. The average molecular weight is 570 g/mol. The van der Waals surface area contributed by atoms with E-state index in [1.807, 2.05) is 70.2 Å². The lowest BCUT2D eigenvalue weighted by atomic mass is 9.77. The first kappa shape index (κ1) is 27.5. The van der Waals surface area contributed by atoms with E-state index in [9.17, 15) is 4.79 Å². The van der Waals surface area contributed by atoms with Gasteiger partial charge in [-0.05, 0) is 79.2 Å². The molecule has 5 aromatic rings. The fraction of sp³-hybridized carbons (Fsp3) is 0.250. The van der Waals surface area contributed by atoms with Crippen molar-refractivity contribution >= 4 is 41.1 Å². The molecule has 1 aliphatic carbocycles. The van der Waals surface area contributed by atoms with E-state index in [-0.39, 0.29) is 19.1 Å². The van der Waals surface area contributed by atoms with E-state index < -0.39 is 24.4 Å². The molecule has 0 radical (unpaired) electrons. The molecule has 1 saturated heterocycles. The van der Waals surface area contributed by atoms with Gasteiger partial charge in [0, 0.05) is 34.3 Å². The molecule has 1 aliphatic heterocycles. The second-order valence-electron chi connectivity index (χ2n) is 12.5. The van der Waals surface area contributed by atoms with Crippen LogP contribution in [0.2, 0.25) is 0 Å². The number of aromatic amines is 1. The maximum Gasteiger partial charge on any atom is 0.492 e. The first-order chi connectivity index (χ1) is 20.7. The summed E-state index contributed by atoms with van der Waals surface area (Å²) in [5.74, 6) is -0.000777. The molecule has 1 fully saturated rings. The molecule has 2 N–H and O–H groups in total. The largest absolute Gasteiger partial charge is 0.492 e. The van der Waals surface area contributed by atoms with Crippen molar-refractivity contribution < 1.29 is 18.8 Å². The van der Waals surface area contributed by atoms with Gasteiger partial charge >= 0.3 is 13.2 Å². The first-order valence-electron chi connectivity index (χ1n) is 14.9. The molecule has 0 atom stereocenters. The summed E-state index contributed by atoms with van der Waals surface area (Å²) in [5, 5.41) is 5.28. The number of alkyl carbamates (subject to hydrolysis) is 1. The van der Waals surface area contributed by atoms with E-state index in [0.717, 1.165) is 27.5 Å². The van der Waals surface area contributed by atoms with Crippen molar-refractivity contribution in [1.29, 1.82) is 0 Å². The Bertz CT molecular complexity index is 1830. The third-order valence-corrected chi connectivity index (χ3v) is 9.22. The van der Waals surface area contributed by atoms with Crippen LogP contribution in [0.15, 0.2) is 96.5 Å². The zero-order valence-corrected chi connectivity index (χ0v) is 24.9. The molecule has 2 aliphatic rings. The molecule has 0 saturated carbocycles. The van der Waals surface area contributed by atoms with Crippen LogP contribution in [0.4, 0.5) is 4.79 Å². The molecule has 1 aromatic heterocycles. The molecule has 43 heavy (non-hydrogen) atoms.